The number of unbranched alkanes of at least 4 members (excludes halogenated alkanes) is 2. The number of hydrogen-bond acceptors (Lipinski definition) is 0. The van der Waals surface area contributed by atoms with Crippen LogP contribution in [0.1, 0.15) is 46.0 Å². The van der Waals surface area contributed by atoms with Crippen LogP contribution in [0.25, 0.3) is 0 Å². The molecule has 0 atom stereocenters. The highest BCUT2D eigenvalue weighted by Crippen LogP contribution is 2.08. The summed E-state index contributed by atoms with van der Waals surface area (Å²) in [6.07, 6.45) is 10.5. The molecule has 0 saturated heterocycles. The van der Waals surface area contributed by atoms with Crippen LogP contribution in [0.2, 0.25) is 0 Å². The molecule has 0 unspecified atom stereocenters. The molecule has 0 heteroatoms. The topological polar surface area (TPSA) is 0 Å². The Labute approximate surface area is 71.0 Å². The van der Waals surface area contributed by atoms with Crippen molar-refractivity contribution in [2.45, 2.75) is 46.0 Å². The Bertz CT molecular complexity index is 120. The maximum atomic E-state index is 3.70. The van der Waals surface area contributed by atoms with Crippen molar-refractivity contribution in [1.82, 2.24) is 0 Å². The van der Waals surface area contributed by atoms with Gasteiger partial charge in [-0.2, -0.15) is 0 Å². The second-order valence-electron chi connectivity index (χ2n) is 2.99. The molecule has 0 aromatic carbocycles. The minimum absolute atomic E-state index is 1.17. The summed E-state index contributed by atoms with van der Waals surface area (Å²) in [6.45, 7) is 8.11. The summed E-state index contributed by atoms with van der Waals surface area (Å²) in [4.78, 5) is 0. The highest BCUT2D eigenvalue weighted by molar-refractivity contribution is 4.96. The zero-order valence-corrected chi connectivity index (χ0v) is 7.90. The molecule has 11 heavy (non-hydrogen) atoms. The third-order valence-electron chi connectivity index (χ3n) is 1.78. The van der Waals surface area contributed by atoms with E-state index in [1.54, 1.807) is 0 Å². The summed E-state index contributed by atoms with van der Waals surface area (Å²) >= 11 is 0. The largest absolute Gasteiger partial charge is 0.103 e. The van der Waals surface area contributed by atoms with E-state index in [-0.39, 0.29) is 0 Å². The third-order valence-corrected chi connectivity index (χ3v) is 1.78. The number of hydrogen-bond donors (Lipinski definition) is 0. The SMILES string of the molecule is C=CCCCC/C(C)=C/CC. The molecule has 0 aliphatic carbocycles. The van der Waals surface area contributed by atoms with Crippen molar-refractivity contribution < 1.29 is 0 Å². The lowest BCUT2D eigenvalue weighted by molar-refractivity contribution is 0.740. The van der Waals surface area contributed by atoms with Crippen molar-refractivity contribution >= 4 is 0 Å². The Kier molecular flexibility index (Phi) is 7.23. The van der Waals surface area contributed by atoms with Crippen LogP contribution >= 0.6 is 0 Å². The van der Waals surface area contributed by atoms with Gasteiger partial charge in [-0.1, -0.05) is 24.6 Å². The molecule has 0 aromatic rings. The van der Waals surface area contributed by atoms with E-state index < -0.39 is 0 Å². The summed E-state index contributed by atoms with van der Waals surface area (Å²) in [5.74, 6) is 0. The van der Waals surface area contributed by atoms with E-state index >= 15 is 0 Å². The molecule has 0 radical (unpaired) electrons. The van der Waals surface area contributed by atoms with Crippen molar-refractivity contribution in [2.75, 3.05) is 0 Å². The summed E-state index contributed by atoms with van der Waals surface area (Å²) in [5, 5.41) is 0. The van der Waals surface area contributed by atoms with Crippen molar-refractivity contribution in [1.29, 1.82) is 0 Å². The van der Waals surface area contributed by atoms with Gasteiger partial charge in [0.25, 0.3) is 0 Å². The molecular weight excluding hydrogens is 132 g/mol. The molecule has 0 aliphatic rings. The molecule has 0 aliphatic heterocycles. The lowest BCUT2D eigenvalue weighted by atomic mass is 10.1. The van der Waals surface area contributed by atoms with Gasteiger partial charge in [-0.25, -0.2) is 0 Å². The fourth-order valence-electron chi connectivity index (χ4n) is 1.14. The van der Waals surface area contributed by atoms with Gasteiger partial charge in [0.05, 0.1) is 0 Å². The molecule has 0 fully saturated rings. The third kappa shape index (κ3) is 7.38. The second kappa shape index (κ2) is 7.59. The monoisotopic (exact) mass is 152 g/mol. The Hall–Kier alpha value is -0.520. The fraction of sp³-hybridized carbons (Fsp3) is 0.636. The zero-order valence-electron chi connectivity index (χ0n) is 7.90. The Morgan fingerprint density at radius 3 is 2.64 bits per heavy atom. The van der Waals surface area contributed by atoms with Crippen LogP contribution in [0.15, 0.2) is 24.3 Å². The molecular formula is C11H20. The lowest BCUT2D eigenvalue weighted by Crippen LogP contribution is -1.78. The summed E-state index contributed by atoms with van der Waals surface area (Å²) in [6, 6.07) is 0. The molecule has 0 spiro atoms. The minimum atomic E-state index is 1.17. The van der Waals surface area contributed by atoms with Gasteiger partial charge < -0.3 is 0 Å². The summed E-state index contributed by atoms with van der Waals surface area (Å²) < 4.78 is 0. The molecule has 0 nitrogen and oxygen atoms in total. The van der Waals surface area contributed by atoms with Gasteiger partial charge in [0.1, 0.15) is 0 Å². The molecule has 0 amide bonds. The maximum Gasteiger partial charge on any atom is -0.0323 e. The van der Waals surface area contributed by atoms with Crippen LogP contribution < -0.4 is 0 Å². The van der Waals surface area contributed by atoms with Crippen LogP contribution in [-0.4, -0.2) is 0 Å². The van der Waals surface area contributed by atoms with Gasteiger partial charge in [0.15, 0.2) is 0 Å². The Morgan fingerprint density at radius 1 is 1.36 bits per heavy atom. The second-order valence-corrected chi connectivity index (χ2v) is 2.99. The Balaban J connectivity index is 3.23. The Morgan fingerprint density at radius 2 is 2.09 bits per heavy atom. The van der Waals surface area contributed by atoms with Crippen LogP contribution in [0.5, 0.6) is 0 Å². The molecule has 0 rings (SSSR count). The van der Waals surface area contributed by atoms with Crippen molar-refractivity contribution in [3.05, 3.63) is 24.3 Å². The highest BCUT2D eigenvalue weighted by atomic mass is 13.9. The van der Waals surface area contributed by atoms with Gasteiger partial charge in [-0.15, -0.1) is 6.58 Å². The first-order valence-electron chi connectivity index (χ1n) is 4.57. The molecule has 64 valence electrons. The van der Waals surface area contributed by atoms with E-state index in [4.69, 9.17) is 0 Å². The van der Waals surface area contributed by atoms with Gasteiger partial charge in [-0.05, 0) is 39.0 Å². The van der Waals surface area contributed by atoms with E-state index in [9.17, 15) is 0 Å². The molecule has 0 aromatic heterocycles. The van der Waals surface area contributed by atoms with E-state index in [2.05, 4.69) is 26.5 Å². The molecule has 0 heterocycles. The first-order valence-corrected chi connectivity index (χ1v) is 4.57. The fourth-order valence-corrected chi connectivity index (χ4v) is 1.14. The van der Waals surface area contributed by atoms with Gasteiger partial charge in [0, 0.05) is 0 Å². The van der Waals surface area contributed by atoms with E-state index in [1.165, 1.54) is 37.7 Å². The maximum absolute atomic E-state index is 3.70. The molecule has 0 N–H and O–H groups in total. The van der Waals surface area contributed by atoms with Gasteiger partial charge in [0.2, 0.25) is 0 Å². The minimum Gasteiger partial charge on any atom is -0.103 e. The predicted octanol–water partition coefficient (Wildman–Crippen LogP) is 4.09. The van der Waals surface area contributed by atoms with Crippen molar-refractivity contribution in [3.63, 3.8) is 0 Å². The van der Waals surface area contributed by atoms with Gasteiger partial charge in [-0.3, -0.25) is 0 Å². The first-order chi connectivity index (χ1) is 5.31. The van der Waals surface area contributed by atoms with Crippen LogP contribution in [-0.2, 0) is 0 Å². The average molecular weight is 152 g/mol. The van der Waals surface area contributed by atoms with Crippen LogP contribution in [0, 0.1) is 0 Å². The predicted molar refractivity (Wildman–Crippen MR) is 52.7 cm³/mol. The average Bonchev–Trinajstić information content (AvgIpc) is 1.99. The normalized spacial score (nSPS) is 11.6. The molecule has 0 bridgehead atoms. The van der Waals surface area contributed by atoms with Crippen molar-refractivity contribution in [2.24, 2.45) is 0 Å². The van der Waals surface area contributed by atoms with Crippen LogP contribution in [0.4, 0.5) is 0 Å². The summed E-state index contributed by atoms with van der Waals surface area (Å²) in [7, 11) is 0. The van der Waals surface area contributed by atoms with Gasteiger partial charge >= 0.3 is 0 Å². The van der Waals surface area contributed by atoms with E-state index in [0.717, 1.165) is 0 Å². The standard InChI is InChI=1S/C11H20/c1-4-6-7-8-10-11(3)9-5-2/h4,9H,1,5-8,10H2,2-3H3/b11-9+. The number of rotatable bonds is 6. The molecule has 0 saturated carbocycles. The van der Waals surface area contributed by atoms with Crippen LogP contribution in [0.3, 0.4) is 0 Å². The highest BCUT2D eigenvalue weighted by Gasteiger charge is 1.88. The lowest BCUT2D eigenvalue weighted by Gasteiger charge is -1.98. The zero-order chi connectivity index (χ0) is 8.53. The smallest absolute Gasteiger partial charge is 0.0323 e. The first kappa shape index (κ1) is 10.5. The van der Waals surface area contributed by atoms with E-state index in [0.29, 0.717) is 0 Å². The van der Waals surface area contributed by atoms with Crippen molar-refractivity contribution in [3.8, 4) is 0 Å². The summed E-state index contributed by atoms with van der Waals surface area (Å²) in [5.41, 5.74) is 1.54. The number of allylic oxidation sites excluding steroid dienone is 3. The van der Waals surface area contributed by atoms with E-state index in [1.807, 2.05) is 6.08 Å². The quantitative estimate of drug-likeness (QED) is 0.397.